The van der Waals surface area contributed by atoms with Gasteiger partial charge in [-0.1, -0.05) is 12.1 Å². The van der Waals surface area contributed by atoms with Gasteiger partial charge in [0.05, 0.1) is 12.5 Å². The Morgan fingerprint density at radius 1 is 1.20 bits per heavy atom. The zero-order chi connectivity index (χ0) is 18.2. The number of aryl methyl sites for hydroxylation is 1. The van der Waals surface area contributed by atoms with Crippen molar-refractivity contribution in [2.75, 3.05) is 38.0 Å². The molecule has 25 heavy (non-hydrogen) atoms. The second kappa shape index (κ2) is 7.14. The van der Waals surface area contributed by atoms with Gasteiger partial charge in [0.2, 0.25) is 11.8 Å². The van der Waals surface area contributed by atoms with Gasteiger partial charge in [0, 0.05) is 31.9 Å². The lowest BCUT2D eigenvalue weighted by Crippen LogP contribution is -2.51. The predicted molar refractivity (Wildman–Crippen MR) is 100 cm³/mol. The van der Waals surface area contributed by atoms with Gasteiger partial charge in [-0.15, -0.1) is 23.2 Å². The van der Waals surface area contributed by atoms with Crippen LogP contribution < -0.4 is 5.32 Å². The number of hydrogen-bond acceptors (Lipinski definition) is 3. The van der Waals surface area contributed by atoms with E-state index in [1.807, 2.05) is 32.0 Å². The molecule has 1 unspecified atom stereocenters. The van der Waals surface area contributed by atoms with E-state index in [0.29, 0.717) is 39.1 Å². The van der Waals surface area contributed by atoms with Crippen molar-refractivity contribution in [1.82, 2.24) is 9.80 Å². The maximum atomic E-state index is 12.3. The number of nitrogens with one attached hydrogen (secondary N) is 1. The number of nitrogens with zero attached hydrogens (tertiary/aromatic N) is 2. The number of amides is 2. The Labute approximate surface area is 158 Å². The number of benzene rings is 1. The van der Waals surface area contributed by atoms with Gasteiger partial charge in [-0.05, 0) is 37.5 Å². The van der Waals surface area contributed by atoms with Crippen molar-refractivity contribution >= 4 is 40.7 Å². The lowest BCUT2D eigenvalue weighted by molar-refractivity contribution is -0.134. The molecule has 1 heterocycles. The lowest BCUT2D eigenvalue weighted by atomic mass is 10.1. The highest BCUT2D eigenvalue weighted by Gasteiger charge is 2.57. The quantitative estimate of drug-likeness (QED) is 0.812. The van der Waals surface area contributed by atoms with Gasteiger partial charge in [-0.2, -0.15) is 0 Å². The number of rotatable bonds is 4. The number of alkyl halides is 2. The molecule has 1 atom stereocenters. The zero-order valence-corrected chi connectivity index (χ0v) is 16.0. The Morgan fingerprint density at radius 3 is 2.44 bits per heavy atom. The molecule has 1 aliphatic heterocycles. The van der Waals surface area contributed by atoms with Gasteiger partial charge in [0.25, 0.3) is 0 Å². The molecule has 1 saturated heterocycles. The molecule has 2 amide bonds. The number of anilines is 1. The fraction of sp³-hybridized carbons (Fsp3) is 0.556. The van der Waals surface area contributed by atoms with E-state index in [1.54, 1.807) is 4.90 Å². The van der Waals surface area contributed by atoms with E-state index in [2.05, 4.69) is 10.2 Å². The highest BCUT2D eigenvalue weighted by molar-refractivity contribution is 6.52. The largest absolute Gasteiger partial charge is 0.340 e. The molecule has 7 heteroatoms. The Kier molecular flexibility index (Phi) is 5.28. The second-order valence-electron chi connectivity index (χ2n) is 6.91. The molecular formula is C18H23Cl2N3O2. The second-order valence-corrected chi connectivity index (χ2v) is 8.46. The summed E-state index contributed by atoms with van der Waals surface area (Å²) in [4.78, 5) is 28.4. The number of carbonyl (C=O) groups is 2. The third-order valence-corrected chi connectivity index (χ3v) is 5.89. The van der Waals surface area contributed by atoms with Crippen LogP contribution in [0.2, 0.25) is 0 Å². The van der Waals surface area contributed by atoms with Crippen LogP contribution in [-0.4, -0.2) is 58.7 Å². The first-order valence-electron chi connectivity index (χ1n) is 8.53. The SMILES string of the molecule is Cc1cccc(NC(=O)CN2CCN(C(=O)C3CC3(Cl)Cl)CC2)c1C. The van der Waals surface area contributed by atoms with Crippen LogP contribution in [0.5, 0.6) is 0 Å². The third kappa shape index (κ3) is 4.27. The summed E-state index contributed by atoms with van der Waals surface area (Å²) in [5, 5.41) is 2.98. The van der Waals surface area contributed by atoms with E-state index in [9.17, 15) is 9.59 Å². The summed E-state index contributed by atoms with van der Waals surface area (Å²) >= 11 is 11.9. The fourth-order valence-electron chi connectivity index (χ4n) is 3.11. The van der Waals surface area contributed by atoms with Crippen molar-refractivity contribution in [3.05, 3.63) is 29.3 Å². The summed E-state index contributed by atoms with van der Waals surface area (Å²) < 4.78 is -0.875. The average Bonchev–Trinajstić information content (AvgIpc) is 3.20. The maximum Gasteiger partial charge on any atom is 0.238 e. The minimum absolute atomic E-state index is 0.0313. The fourth-order valence-corrected chi connectivity index (χ4v) is 3.60. The summed E-state index contributed by atoms with van der Waals surface area (Å²) in [7, 11) is 0. The summed E-state index contributed by atoms with van der Waals surface area (Å²) in [6, 6.07) is 5.88. The molecule has 5 nitrogen and oxygen atoms in total. The number of hydrogen-bond donors (Lipinski definition) is 1. The summed E-state index contributed by atoms with van der Waals surface area (Å²) in [5.41, 5.74) is 3.09. The van der Waals surface area contributed by atoms with Gasteiger partial charge in [0.1, 0.15) is 4.33 Å². The van der Waals surface area contributed by atoms with Crippen LogP contribution in [-0.2, 0) is 9.59 Å². The van der Waals surface area contributed by atoms with Crippen LogP contribution in [0, 0.1) is 19.8 Å². The average molecular weight is 384 g/mol. The van der Waals surface area contributed by atoms with Gasteiger partial charge >= 0.3 is 0 Å². The van der Waals surface area contributed by atoms with E-state index in [0.717, 1.165) is 16.8 Å². The van der Waals surface area contributed by atoms with Crippen LogP contribution in [0.25, 0.3) is 0 Å². The van der Waals surface area contributed by atoms with Crippen molar-refractivity contribution in [1.29, 1.82) is 0 Å². The number of halogens is 2. The van der Waals surface area contributed by atoms with Crippen LogP contribution >= 0.6 is 23.2 Å². The van der Waals surface area contributed by atoms with Gasteiger partial charge in [-0.25, -0.2) is 0 Å². The number of piperazine rings is 1. The standard InChI is InChI=1S/C18H23Cl2N3O2/c1-12-4-3-5-15(13(12)2)21-16(24)11-22-6-8-23(9-7-22)17(25)14-10-18(14,19)20/h3-5,14H,6-11H2,1-2H3,(H,21,24). The van der Waals surface area contributed by atoms with E-state index >= 15 is 0 Å². The monoisotopic (exact) mass is 383 g/mol. The molecule has 1 aromatic carbocycles. The minimum Gasteiger partial charge on any atom is -0.340 e. The Balaban J connectivity index is 1.46. The smallest absolute Gasteiger partial charge is 0.238 e. The molecule has 1 saturated carbocycles. The Bertz CT molecular complexity index is 685. The van der Waals surface area contributed by atoms with Crippen LogP contribution in [0.1, 0.15) is 17.5 Å². The summed E-state index contributed by atoms with van der Waals surface area (Å²) in [6.07, 6.45) is 0.535. The zero-order valence-electron chi connectivity index (χ0n) is 14.5. The van der Waals surface area contributed by atoms with Crippen molar-refractivity contribution in [2.24, 2.45) is 5.92 Å². The molecule has 1 aliphatic carbocycles. The molecular weight excluding hydrogens is 361 g/mol. The molecule has 0 spiro atoms. The molecule has 1 aromatic rings. The van der Waals surface area contributed by atoms with Crippen molar-refractivity contribution in [3.8, 4) is 0 Å². The number of carbonyl (C=O) groups excluding carboxylic acids is 2. The molecule has 1 N–H and O–H groups in total. The molecule has 0 aromatic heterocycles. The first-order chi connectivity index (χ1) is 11.8. The van der Waals surface area contributed by atoms with Crippen LogP contribution in [0.15, 0.2) is 18.2 Å². The first-order valence-corrected chi connectivity index (χ1v) is 9.28. The summed E-state index contributed by atoms with van der Waals surface area (Å²) in [6.45, 7) is 6.92. The van der Waals surface area contributed by atoms with E-state index in [4.69, 9.17) is 23.2 Å². The molecule has 2 fully saturated rings. The Morgan fingerprint density at radius 2 is 1.84 bits per heavy atom. The van der Waals surface area contributed by atoms with E-state index < -0.39 is 4.33 Å². The topological polar surface area (TPSA) is 52.7 Å². The minimum atomic E-state index is -0.875. The van der Waals surface area contributed by atoms with Crippen LogP contribution in [0.4, 0.5) is 5.69 Å². The van der Waals surface area contributed by atoms with Crippen molar-refractivity contribution in [3.63, 3.8) is 0 Å². The molecule has 3 rings (SSSR count). The molecule has 0 bridgehead atoms. The normalized spacial score (nSPS) is 22.6. The highest BCUT2D eigenvalue weighted by Crippen LogP contribution is 2.53. The molecule has 0 radical (unpaired) electrons. The van der Waals surface area contributed by atoms with Gasteiger partial charge in [-0.3, -0.25) is 14.5 Å². The lowest BCUT2D eigenvalue weighted by Gasteiger charge is -2.34. The van der Waals surface area contributed by atoms with E-state index in [-0.39, 0.29) is 17.7 Å². The van der Waals surface area contributed by atoms with Crippen LogP contribution in [0.3, 0.4) is 0 Å². The predicted octanol–water partition coefficient (Wildman–Crippen LogP) is 2.58. The first kappa shape index (κ1) is 18.5. The van der Waals surface area contributed by atoms with Crippen molar-refractivity contribution in [2.45, 2.75) is 24.6 Å². The van der Waals surface area contributed by atoms with Gasteiger partial charge < -0.3 is 10.2 Å². The van der Waals surface area contributed by atoms with E-state index in [1.165, 1.54) is 0 Å². The third-order valence-electron chi connectivity index (χ3n) is 5.05. The molecule has 136 valence electrons. The van der Waals surface area contributed by atoms with Gasteiger partial charge in [0.15, 0.2) is 0 Å². The molecule has 2 aliphatic rings. The Hall–Kier alpha value is -1.30. The summed E-state index contributed by atoms with van der Waals surface area (Å²) in [5.74, 6) is -0.268. The maximum absolute atomic E-state index is 12.3. The highest BCUT2D eigenvalue weighted by atomic mass is 35.5. The van der Waals surface area contributed by atoms with Crippen molar-refractivity contribution < 1.29 is 9.59 Å².